The van der Waals surface area contributed by atoms with Crippen molar-refractivity contribution in [2.45, 2.75) is 34.1 Å². The molecule has 0 aliphatic carbocycles. The fourth-order valence-corrected chi connectivity index (χ4v) is 2.02. The van der Waals surface area contributed by atoms with Gasteiger partial charge in [0.1, 0.15) is 0 Å². The lowest BCUT2D eigenvalue weighted by Gasteiger charge is -2.24. The Hall–Kier alpha value is -1.84. The largest absolute Gasteiger partial charge is 0.354 e. The molecular weight excluding hydrogens is 252 g/mol. The molecule has 2 amide bonds. The predicted octanol–water partition coefficient (Wildman–Crippen LogP) is 2.37. The van der Waals surface area contributed by atoms with E-state index in [-0.39, 0.29) is 17.7 Å². The minimum absolute atomic E-state index is 0.00954. The lowest BCUT2D eigenvalue weighted by molar-refractivity contribution is -0.124. The Labute approximate surface area is 121 Å². The first-order valence-electron chi connectivity index (χ1n) is 7.11. The minimum atomic E-state index is -0.0382. The van der Waals surface area contributed by atoms with Gasteiger partial charge in [-0.05, 0) is 18.1 Å². The van der Waals surface area contributed by atoms with Crippen molar-refractivity contribution in [3.05, 3.63) is 29.8 Å². The number of hydrogen-bond acceptors (Lipinski definition) is 2. The molecule has 0 fully saturated rings. The molecule has 0 spiro atoms. The molecule has 1 N–H and O–H groups in total. The standard InChI is InChI=1S/C16H24N2O2/c1-5-14-8-6-7-9-15(14)18(13(4)19)11-10-17-16(20)12(2)3/h6-9,12H,5,10-11H2,1-4H3,(H,17,20). The summed E-state index contributed by atoms with van der Waals surface area (Å²) in [6.45, 7) is 8.28. The zero-order chi connectivity index (χ0) is 15.1. The molecule has 1 rings (SSSR count). The average Bonchev–Trinajstić information content (AvgIpc) is 2.42. The fourth-order valence-electron chi connectivity index (χ4n) is 2.02. The molecule has 0 aliphatic heterocycles. The Morgan fingerprint density at radius 1 is 1.25 bits per heavy atom. The minimum Gasteiger partial charge on any atom is -0.354 e. The smallest absolute Gasteiger partial charge is 0.223 e. The van der Waals surface area contributed by atoms with Gasteiger partial charge in [-0.25, -0.2) is 0 Å². The molecule has 110 valence electrons. The van der Waals surface area contributed by atoms with Crippen LogP contribution in [0.3, 0.4) is 0 Å². The first-order chi connectivity index (χ1) is 9.47. The number of amides is 2. The second-order valence-corrected chi connectivity index (χ2v) is 5.10. The lowest BCUT2D eigenvalue weighted by atomic mass is 10.1. The number of para-hydroxylation sites is 1. The van der Waals surface area contributed by atoms with E-state index < -0.39 is 0 Å². The predicted molar refractivity (Wildman–Crippen MR) is 81.7 cm³/mol. The molecule has 0 unspecified atom stereocenters. The number of carbonyl (C=O) groups excluding carboxylic acids is 2. The van der Waals surface area contributed by atoms with Crippen LogP contribution in [0.5, 0.6) is 0 Å². The average molecular weight is 276 g/mol. The maximum atomic E-state index is 11.8. The van der Waals surface area contributed by atoms with E-state index in [0.717, 1.165) is 17.7 Å². The molecule has 0 bridgehead atoms. The van der Waals surface area contributed by atoms with Gasteiger partial charge in [0.05, 0.1) is 0 Å². The van der Waals surface area contributed by atoms with E-state index in [1.807, 2.05) is 38.1 Å². The van der Waals surface area contributed by atoms with E-state index in [1.54, 1.807) is 11.8 Å². The zero-order valence-electron chi connectivity index (χ0n) is 12.8. The van der Waals surface area contributed by atoms with Gasteiger partial charge in [-0.3, -0.25) is 9.59 Å². The van der Waals surface area contributed by atoms with Crippen LogP contribution in [-0.4, -0.2) is 24.9 Å². The highest BCUT2D eigenvalue weighted by Gasteiger charge is 2.14. The van der Waals surface area contributed by atoms with Crippen molar-refractivity contribution in [3.8, 4) is 0 Å². The molecule has 0 saturated heterocycles. The lowest BCUT2D eigenvalue weighted by Crippen LogP contribution is -2.39. The number of aryl methyl sites for hydroxylation is 1. The SMILES string of the molecule is CCc1ccccc1N(CCNC(=O)C(C)C)C(C)=O. The Kier molecular flexibility index (Phi) is 6.22. The summed E-state index contributed by atoms with van der Waals surface area (Å²) in [6.07, 6.45) is 0.873. The normalized spacial score (nSPS) is 10.4. The summed E-state index contributed by atoms with van der Waals surface area (Å²) < 4.78 is 0. The van der Waals surface area contributed by atoms with E-state index in [2.05, 4.69) is 12.2 Å². The number of anilines is 1. The molecule has 1 aromatic rings. The Bertz CT molecular complexity index is 469. The highest BCUT2D eigenvalue weighted by Crippen LogP contribution is 2.20. The molecule has 4 heteroatoms. The third kappa shape index (κ3) is 4.37. The first kappa shape index (κ1) is 16.2. The van der Waals surface area contributed by atoms with Gasteiger partial charge in [0.15, 0.2) is 0 Å². The van der Waals surface area contributed by atoms with Gasteiger partial charge in [-0.2, -0.15) is 0 Å². The Morgan fingerprint density at radius 2 is 1.90 bits per heavy atom. The Morgan fingerprint density at radius 3 is 2.45 bits per heavy atom. The summed E-state index contributed by atoms with van der Waals surface area (Å²) in [7, 11) is 0. The van der Waals surface area contributed by atoms with Crippen molar-refractivity contribution in [2.24, 2.45) is 5.92 Å². The number of hydrogen-bond donors (Lipinski definition) is 1. The van der Waals surface area contributed by atoms with Crippen LogP contribution in [0.1, 0.15) is 33.3 Å². The second kappa shape index (κ2) is 7.68. The van der Waals surface area contributed by atoms with E-state index in [9.17, 15) is 9.59 Å². The van der Waals surface area contributed by atoms with Gasteiger partial charge in [0.25, 0.3) is 0 Å². The number of rotatable bonds is 6. The molecule has 0 heterocycles. The van der Waals surface area contributed by atoms with Gasteiger partial charge in [0.2, 0.25) is 11.8 Å². The zero-order valence-corrected chi connectivity index (χ0v) is 12.8. The maximum absolute atomic E-state index is 11.8. The number of carbonyl (C=O) groups is 2. The topological polar surface area (TPSA) is 49.4 Å². The number of nitrogens with one attached hydrogen (secondary N) is 1. The van der Waals surface area contributed by atoms with Gasteiger partial charge < -0.3 is 10.2 Å². The molecule has 0 aromatic heterocycles. The summed E-state index contributed by atoms with van der Waals surface area (Å²) >= 11 is 0. The molecule has 0 aliphatic rings. The van der Waals surface area contributed by atoms with Crippen LogP contribution in [0, 0.1) is 5.92 Å². The first-order valence-corrected chi connectivity index (χ1v) is 7.11. The van der Waals surface area contributed by atoms with Gasteiger partial charge in [-0.15, -0.1) is 0 Å². The summed E-state index contributed by atoms with van der Waals surface area (Å²) in [5.41, 5.74) is 2.07. The molecule has 0 atom stereocenters. The van der Waals surface area contributed by atoms with E-state index in [0.29, 0.717) is 13.1 Å². The number of nitrogens with zero attached hydrogens (tertiary/aromatic N) is 1. The molecule has 0 radical (unpaired) electrons. The van der Waals surface area contributed by atoms with Crippen molar-refractivity contribution < 1.29 is 9.59 Å². The van der Waals surface area contributed by atoms with Gasteiger partial charge in [-0.1, -0.05) is 39.0 Å². The monoisotopic (exact) mass is 276 g/mol. The number of benzene rings is 1. The highest BCUT2D eigenvalue weighted by atomic mass is 16.2. The highest BCUT2D eigenvalue weighted by molar-refractivity contribution is 5.92. The van der Waals surface area contributed by atoms with Crippen molar-refractivity contribution in [1.82, 2.24) is 5.32 Å². The van der Waals surface area contributed by atoms with Crippen LogP contribution in [0.2, 0.25) is 0 Å². The van der Waals surface area contributed by atoms with Crippen LogP contribution in [0.25, 0.3) is 0 Å². The van der Waals surface area contributed by atoms with Crippen molar-refractivity contribution >= 4 is 17.5 Å². The van der Waals surface area contributed by atoms with Crippen LogP contribution in [0.15, 0.2) is 24.3 Å². The maximum Gasteiger partial charge on any atom is 0.223 e. The molecule has 20 heavy (non-hydrogen) atoms. The molecular formula is C16H24N2O2. The van der Waals surface area contributed by atoms with Gasteiger partial charge >= 0.3 is 0 Å². The summed E-state index contributed by atoms with van der Waals surface area (Å²) in [5, 5.41) is 2.84. The van der Waals surface area contributed by atoms with Crippen molar-refractivity contribution in [3.63, 3.8) is 0 Å². The van der Waals surface area contributed by atoms with Crippen molar-refractivity contribution in [1.29, 1.82) is 0 Å². The van der Waals surface area contributed by atoms with E-state index >= 15 is 0 Å². The van der Waals surface area contributed by atoms with Crippen LogP contribution in [0.4, 0.5) is 5.69 Å². The van der Waals surface area contributed by atoms with Crippen LogP contribution < -0.4 is 10.2 Å². The second-order valence-electron chi connectivity index (χ2n) is 5.10. The van der Waals surface area contributed by atoms with E-state index in [1.165, 1.54) is 0 Å². The molecule has 1 aromatic carbocycles. The fraction of sp³-hybridized carbons (Fsp3) is 0.500. The third-order valence-electron chi connectivity index (χ3n) is 3.20. The van der Waals surface area contributed by atoms with Crippen LogP contribution >= 0.6 is 0 Å². The Balaban J connectivity index is 2.75. The van der Waals surface area contributed by atoms with Gasteiger partial charge in [0, 0.05) is 31.6 Å². The summed E-state index contributed by atoms with van der Waals surface area (Å²) in [5.74, 6) is -0.0364. The molecule has 4 nitrogen and oxygen atoms in total. The van der Waals surface area contributed by atoms with Crippen LogP contribution in [-0.2, 0) is 16.0 Å². The van der Waals surface area contributed by atoms with Crippen molar-refractivity contribution in [2.75, 3.05) is 18.0 Å². The summed E-state index contributed by atoms with van der Waals surface area (Å²) in [4.78, 5) is 25.1. The molecule has 0 saturated carbocycles. The summed E-state index contributed by atoms with van der Waals surface area (Å²) in [6, 6.07) is 7.88. The van der Waals surface area contributed by atoms with E-state index in [4.69, 9.17) is 0 Å². The third-order valence-corrected chi connectivity index (χ3v) is 3.20. The quantitative estimate of drug-likeness (QED) is 0.867.